The van der Waals surface area contributed by atoms with E-state index in [1.165, 1.54) is 11.1 Å². The molecule has 0 bridgehead atoms. The predicted molar refractivity (Wildman–Crippen MR) is 132 cm³/mol. The number of allylic oxidation sites excluding steroid dienone is 8. The van der Waals surface area contributed by atoms with Crippen molar-refractivity contribution in [3.8, 4) is 11.5 Å². The molecule has 0 radical (unpaired) electrons. The fourth-order valence-corrected chi connectivity index (χ4v) is 16.6. The van der Waals surface area contributed by atoms with Gasteiger partial charge in [-0.15, -0.1) is 0 Å². The zero-order valence-corrected chi connectivity index (χ0v) is 23.8. The molecule has 2 nitrogen and oxygen atoms in total. The summed E-state index contributed by atoms with van der Waals surface area (Å²) in [5.74, 6) is 1.69. The number of halogens is 2. The Hall–Kier alpha value is -1.16. The third-order valence-corrected chi connectivity index (χ3v) is 19.8. The quantitative estimate of drug-likeness (QED) is 0.321. The van der Waals surface area contributed by atoms with Crippen LogP contribution in [0.25, 0.3) is 0 Å². The van der Waals surface area contributed by atoms with Gasteiger partial charge < -0.3 is 0 Å². The molecule has 0 amide bonds. The Balaban J connectivity index is 1.95. The van der Waals surface area contributed by atoms with Crippen molar-refractivity contribution < 1.29 is 26.8 Å². The minimum absolute atomic E-state index is 0.298. The Morgan fingerprint density at radius 1 is 0.645 bits per heavy atom. The Bertz CT molecular complexity index is 1010. The average molecular weight is 622 g/mol. The molecule has 2 aliphatic rings. The summed E-state index contributed by atoms with van der Waals surface area (Å²) >= 11 is 2.85. The number of hydrogen-bond donors (Lipinski definition) is 0. The van der Waals surface area contributed by atoms with Crippen LogP contribution in [0.5, 0.6) is 11.5 Å². The first kappa shape index (κ1) is 23.0. The van der Waals surface area contributed by atoms with Gasteiger partial charge in [0.2, 0.25) is 0 Å². The molecule has 2 aromatic rings. The van der Waals surface area contributed by atoms with E-state index in [0.29, 0.717) is 0 Å². The van der Waals surface area contributed by atoms with Crippen LogP contribution in [-0.4, -0.2) is 0 Å². The molecule has 0 heterocycles. The van der Waals surface area contributed by atoms with Crippen molar-refractivity contribution in [2.24, 2.45) is 0 Å². The van der Waals surface area contributed by atoms with Crippen LogP contribution in [0.4, 0.5) is 0 Å². The summed E-state index contributed by atoms with van der Waals surface area (Å²) in [6.07, 6.45) is 13.3. The van der Waals surface area contributed by atoms with E-state index >= 15 is 0 Å². The van der Waals surface area contributed by atoms with E-state index in [9.17, 15) is 0 Å². The van der Waals surface area contributed by atoms with Gasteiger partial charge in [0.15, 0.2) is 0 Å². The van der Waals surface area contributed by atoms with Crippen LogP contribution in [-0.2, 0) is 21.1 Å². The number of rotatable bonds is 6. The van der Waals surface area contributed by atoms with Crippen molar-refractivity contribution in [1.82, 2.24) is 0 Å². The maximum absolute atomic E-state index is 7.18. The molecular weight excluding hydrogens is 595 g/mol. The summed E-state index contributed by atoms with van der Waals surface area (Å²) in [6, 6.07) is 16.2. The zero-order chi connectivity index (χ0) is 22.3. The van der Waals surface area contributed by atoms with Crippen molar-refractivity contribution in [1.29, 1.82) is 0 Å². The monoisotopic (exact) mass is 618 g/mol. The Labute approximate surface area is 207 Å². The van der Waals surface area contributed by atoms with Gasteiger partial charge in [-0.25, -0.2) is 0 Å². The molecule has 2 unspecified atom stereocenters. The second-order valence-corrected chi connectivity index (χ2v) is 19.5. The summed E-state index contributed by atoms with van der Waals surface area (Å²) in [5.41, 5.74) is 2.57. The Kier molecular flexibility index (Phi) is 6.42. The predicted octanol–water partition coefficient (Wildman–Crippen LogP) is 9.04. The zero-order valence-electron chi connectivity index (χ0n) is 18.2. The van der Waals surface area contributed by atoms with Crippen LogP contribution >= 0.6 is 31.9 Å². The second-order valence-electron chi connectivity index (χ2n) is 8.55. The summed E-state index contributed by atoms with van der Waals surface area (Å²) in [4.78, 5) is 0. The molecule has 31 heavy (non-hydrogen) atoms. The van der Waals surface area contributed by atoms with Gasteiger partial charge in [-0.1, -0.05) is 0 Å². The van der Waals surface area contributed by atoms with Crippen molar-refractivity contribution >= 4 is 31.9 Å². The van der Waals surface area contributed by atoms with E-state index in [1.807, 2.05) is 48.5 Å². The molecule has 2 atom stereocenters. The van der Waals surface area contributed by atoms with Gasteiger partial charge >= 0.3 is 209 Å². The molecule has 0 aromatic heterocycles. The summed E-state index contributed by atoms with van der Waals surface area (Å²) < 4.78 is 15.8. The number of hydrogen-bond acceptors (Lipinski definition) is 2. The first-order chi connectivity index (χ1) is 14.7. The van der Waals surface area contributed by atoms with E-state index < -0.39 is 21.1 Å². The van der Waals surface area contributed by atoms with Crippen LogP contribution in [0.1, 0.15) is 27.7 Å². The van der Waals surface area contributed by atoms with E-state index in [0.717, 1.165) is 20.4 Å². The van der Waals surface area contributed by atoms with Crippen LogP contribution in [0.3, 0.4) is 0 Å². The van der Waals surface area contributed by atoms with Crippen molar-refractivity contribution in [2.45, 2.75) is 33.9 Å². The van der Waals surface area contributed by atoms with Gasteiger partial charge in [0.1, 0.15) is 0 Å². The Morgan fingerprint density at radius 3 is 1.29 bits per heavy atom. The second kappa shape index (κ2) is 8.65. The van der Waals surface area contributed by atoms with Crippen LogP contribution in [0, 0.1) is 0 Å². The minimum atomic E-state index is -4.23. The van der Waals surface area contributed by atoms with Gasteiger partial charge in [-0.05, 0) is 0 Å². The van der Waals surface area contributed by atoms with Crippen LogP contribution < -0.4 is 5.63 Å². The van der Waals surface area contributed by atoms with Gasteiger partial charge in [0.05, 0.1) is 0 Å². The molecule has 0 saturated carbocycles. The first-order valence-corrected chi connectivity index (χ1v) is 16.4. The molecule has 0 fully saturated rings. The van der Waals surface area contributed by atoms with E-state index in [-0.39, 0.29) is 6.25 Å². The fourth-order valence-electron chi connectivity index (χ4n) is 4.44. The van der Waals surface area contributed by atoms with Gasteiger partial charge in [-0.2, -0.15) is 0 Å². The van der Waals surface area contributed by atoms with Crippen LogP contribution in [0.15, 0.2) is 105 Å². The maximum atomic E-state index is 7.18. The molecule has 2 aromatic carbocycles. The third-order valence-electron chi connectivity index (χ3n) is 6.71. The van der Waals surface area contributed by atoms with E-state index in [2.05, 4.69) is 96.0 Å². The van der Waals surface area contributed by atoms with Crippen molar-refractivity contribution in [3.63, 3.8) is 0 Å². The average Bonchev–Trinajstić information content (AvgIpc) is 3.27. The summed E-state index contributed by atoms with van der Waals surface area (Å²) in [6.45, 7) is 8.98. The molecule has 160 valence electrons. The van der Waals surface area contributed by atoms with Crippen molar-refractivity contribution in [2.75, 3.05) is 0 Å². The van der Waals surface area contributed by atoms with Gasteiger partial charge in [0, 0.05) is 0 Å². The summed E-state index contributed by atoms with van der Waals surface area (Å²) in [5, 5.41) is 0. The molecular formula is C26H26Br2O2Zr. The molecule has 5 heteroatoms. The molecule has 0 aliphatic heterocycles. The molecule has 4 rings (SSSR count). The van der Waals surface area contributed by atoms with Crippen LogP contribution in [0.2, 0.25) is 6.25 Å². The molecule has 0 saturated heterocycles. The topological polar surface area (TPSA) is 18.5 Å². The SMILES string of the molecule is CC1=CC=C[C]1(C)[Zr]([O]c1ccc(Br)cc1)([O]c1ccc(Br)cc1)[C]1(C)C=CC=C1C. The van der Waals surface area contributed by atoms with Crippen molar-refractivity contribution in [3.05, 3.63) is 105 Å². The summed E-state index contributed by atoms with van der Waals surface area (Å²) in [7, 11) is 0. The fraction of sp³-hybridized carbons (Fsp3) is 0.231. The molecule has 2 aliphatic carbocycles. The van der Waals surface area contributed by atoms with Gasteiger partial charge in [-0.3, -0.25) is 0 Å². The normalized spacial score (nSPS) is 24.8. The molecule has 0 N–H and O–H groups in total. The van der Waals surface area contributed by atoms with E-state index in [1.54, 1.807) is 0 Å². The third kappa shape index (κ3) is 3.92. The number of benzene rings is 2. The van der Waals surface area contributed by atoms with Gasteiger partial charge in [0.25, 0.3) is 0 Å². The first-order valence-electron chi connectivity index (χ1n) is 10.3. The standard InChI is InChI=1S/2C7H9.2C6H5BrO.Zr/c2*1-6-4-3-5-7(6)2;2*7-5-1-3-6(8)4-2-5;/h2*3-5H,1-2H3;2*1-4,8H;/q;;;;+2/p-2. The molecule has 0 spiro atoms. The van der Waals surface area contributed by atoms with E-state index in [4.69, 9.17) is 5.63 Å². The Morgan fingerprint density at radius 2 is 1.00 bits per heavy atom.